The van der Waals surface area contributed by atoms with Crippen LogP contribution in [0.1, 0.15) is 30.7 Å². The van der Waals surface area contributed by atoms with Gasteiger partial charge in [0.2, 0.25) is 0 Å². The third-order valence-corrected chi connectivity index (χ3v) is 7.00. The first-order valence-electron chi connectivity index (χ1n) is 11.6. The Kier molecular flexibility index (Phi) is 6.94. The van der Waals surface area contributed by atoms with E-state index < -0.39 is 0 Å². The maximum Gasteiger partial charge on any atom is 0.258 e. The maximum absolute atomic E-state index is 12.7. The van der Waals surface area contributed by atoms with Crippen molar-refractivity contribution in [3.8, 4) is 11.4 Å². The highest BCUT2D eigenvalue weighted by Gasteiger charge is 2.20. The van der Waals surface area contributed by atoms with Gasteiger partial charge in [0.1, 0.15) is 29.3 Å². The molecule has 34 heavy (non-hydrogen) atoms. The molecule has 1 aliphatic rings. The first kappa shape index (κ1) is 22.6. The molecule has 4 aromatic rings. The van der Waals surface area contributed by atoms with Gasteiger partial charge in [0.15, 0.2) is 5.13 Å². The molecule has 1 atom stereocenters. The fraction of sp³-hybridized carbons (Fsp3) is 0.360. The lowest BCUT2D eigenvalue weighted by Crippen LogP contribution is -2.26. The summed E-state index contributed by atoms with van der Waals surface area (Å²) < 4.78 is 5.77. The Labute approximate surface area is 202 Å². The van der Waals surface area contributed by atoms with Crippen LogP contribution in [-0.4, -0.2) is 51.0 Å². The number of benzene rings is 1. The molecule has 1 aromatic carbocycles. The van der Waals surface area contributed by atoms with Gasteiger partial charge in [-0.2, -0.15) is 0 Å². The number of ether oxygens (including phenoxy) is 1. The van der Waals surface area contributed by atoms with Crippen molar-refractivity contribution in [3.63, 3.8) is 0 Å². The van der Waals surface area contributed by atoms with E-state index in [0.717, 1.165) is 23.7 Å². The lowest BCUT2D eigenvalue weighted by atomic mass is 10.1. The van der Waals surface area contributed by atoms with Crippen LogP contribution < -0.4 is 10.9 Å². The van der Waals surface area contributed by atoms with E-state index in [1.807, 2.05) is 35.7 Å². The molecule has 1 fully saturated rings. The van der Waals surface area contributed by atoms with Crippen LogP contribution in [0, 0.1) is 0 Å². The van der Waals surface area contributed by atoms with Crippen molar-refractivity contribution in [2.45, 2.75) is 38.5 Å². The molecule has 1 aliphatic heterocycles. The molecular weight excluding hydrogens is 448 g/mol. The summed E-state index contributed by atoms with van der Waals surface area (Å²) >= 11 is 1.54. The molecule has 0 spiro atoms. The summed E-state index contributed by atoms with van der Waals surface area (Å²) in [6.45, 7) is 2.71. The molecule has 0 bridgehead atoms. The molecule has 4 heterocycles. The summed E-state index contributed by atoms with van der Waals surface area (Å²) in [5.41, 5.74) is 2.71. The molecule has 176 valence electrons. The van der Waals surface area contributed by atoms with Gasteiger partial charge in [-0.05, 0) is 44.5 Å². The Bertz CT molecular complexity index is 1310. The number of aromatic amines is 1. The number of fused-ring (bicyclic) bond motifs is 1. The minimum Gasteiger partial charge on any atom is -0.369 e. The molecule has 1 saturated heterocycles. The van der Waals surface area contributed by atoms with E-state index >= 15 is 0 Å². The molecule has 0 radical (unpaired) electrons. The number of hydrogen-bond donors (Lipinski definition) is 2. The highest BCUT2D eigenvalue weighted by molar-refractivity contribution is 7.14. The number of pyridine rings is 1. The van der Waals surface area contributed by atoms with Crippen molar-refractivity contribution in [1.29, 1.82) is 0 Å². The maximum atomic E-state index is 12.7. The first-order chi connectivity index (χ1) is 16.7. The van der Waals surface area contributed by atoms with Crippen LogP contribution in [0.5, 0.6) is 0 Å². The summed E-state index contributed by atoms with van der Waals surface area (Å²) in [7, 11) is 2.20. The Morgan fingerprint density at radius 3 is 2.91 bits per heavy atom. The lowest BCUT2D eigenvalue weighted by Gasteiger charge is -2.19. The summed E-state index contributed by atoms with van der Waals surface area (Å²) in [5, 5.41) is 6.74. The number of nitrogens with zero attached hydrogens (tertiary/aromatic N) is 4. The Hall–Kier alpha value is -3.14. The van der Waals surface area contributed by atoms with Gasteiger partial charge in [-0.1, -0.05) is 30.3 Å². The van der Waals surface area contributed by atoms with Gasteiger partial charge in [-0.25, -0.2) is 9.97 Å². The smallest absolute Gasteiger partial charge is 0.258 e. The standard InChI is InChI=1S/C25H28N6O2S/c1-31-13-5-8-18(31)9-11-27-25-28-20(16-34-25)23-22-19(10-12-26-23)24(32)30-21(29-22)15-33-14-17-6-3-2-4-7-17/h2-4,6-7,10,12,16,18H,5,8-9,11,13-15H2,1H3,(H,27,28)(H,29,30,32). The second kappa shape index (κ2) is 10.4. The van der Waals surface area contributed by atoms with E-state index in [0.29, 0.717) is 40.8 Å². The third-order valence-electron chi connectivity index (χ3n) is 6.20. The molecule has 1 unspecified atom stereocenters. The fourth-order valence-electron chi connectivity index (χ4n) is 4.36. The van der Waals surface area contributed by atoms with Gasteiger partial charge in [0, 0.05) is 24.2 Å². The fourth-order valence-corrected chi connectivity index (χ4v) is 5.08. The number of thiazole rings is 1. The first-order valence-corrected chi connectivity index (χ1v) is 12.4. The van der Waals surface area contributed by atoms with Crippen LogP contribution in [0.3, 0.4) is 0 Å². The lowest BCUT2D eigenvalue weighted by molar-refractivity contribution is 0.102. The number of aromatic nitrogens is 4. The van der Waals surface area contributed by atoms with E-state index in [9.17, 15) is 4.79 Å². The Morgan fingerprint density at radius 1 is 1.21 bits per heavy atom. The second-order valence-electron chi connectivity index (χ2n) is 8.58. The molecule has 3 aromatic heterocycles. The summed E-state index contributed by atoms with van der Waals surface area (Å²) in [4.78, 5) is 31.9. The minimum absolute atomic E-state index is 0.202. The highest BCUT2D eigenvalue weighted by Crippen LogP contribution is 2.27. The zero-order valence-corrected chi connectivity index (χ0v) is 20.0. The number of H-pyrrole nitrogens is 1. The number of hydrogen-bond acceptors (Lipinski definition) is 8. The number of likely N-dealkylation sites (tertiary alicyclic amines) is 1. The van der Waals surface area contributed by atoms with Crippen LogP contribution in [0.15, 0.2) is 52.8 Å². The van der Waals surface area contributed by atoms with Crippen molar-refractivity contribution in [2.24, 2.45) is 0 Å². The molecular formula is C25H28N6O2S. The van der Waals surface area contributed by atoms with Crippen LogP contribution >= 0.6 is 11.3 Å². The van der Waals surface area contributed by atoms with E-state index in [1.54, 1.807) is 23.6 Å². The number of nitrogens with one attached hydrogen (secondary N) is 2. The van der Waals surface area contributed by atoms with Gasteiger partial charge in [-0.3, -0.25) is 9.78 Å². The van der Waals surface area contributed by atoms with Gasteiger partial charge in [-0.15, -0.1) is 11.3 Å². The predicted octanol–water partition coefficient (Wildman–Crippen LogP) is 4.05. The highest BCUT2D eigenvalue weighted by atomic mass is 32.1. The van der Waals surface area contributed by atoms with Gasteiger partial charge < -0.3 is 19.9 Å². The van der Waals surface area contributed by atoms with E-state index in [2.05, 4.69) is 32.2 Å². The summed E-state index contributed by atoms with van der Waals surface area (Å²) in [5.74, 6) is 0.469. The SMILES string of the molecule is CN1CCCC1CCNc1nc(-c2nccc3c(=O)[nH]c(COCc4ccccc4)nc23)cs1. The molecule has 9 heteroatoms. The van der Waals surface area contributed by atoms with Crippen LogP contribution in [-0.2, 0) is 18.0 Å². The van der Waals surface area contributed by atoms with E-state index in [4.69, 9.17) is 9.72 Å². The number of rotatable bonds is 9. The molecule has 8 nitrogen and oxygen atoms in total. The van der Waals surface area contributed by atoms with E-state index in [1.165, 1.54) is 19.4 Å². The van der Waals surface area contributed by atoms with Crippen molar-refractivity contribution >= 4 is 27.4 Å². The second-order valence-corrected chi connectivity index (χ2v) is 9.43. The monoisotopic (exact) mass is 476 g/mol. The largest absolute Gasteiger partial charge is 0.369 e. The molecule has 0 amide bonds. The minimum atomic E-state index is -0.207. The number of anilines is 1. The normalized spacial score (nSPS) is 16.3. The Balaban J connectivity index is 1.30. The van der Waals surface area contributed by atoms with Crippen molar-refractivity contribution in [1.82, 2.24) is 24.8 Å². The van der Waals surface area contributed by atoms with E-state index in [-0.39, 0.29) is 12.2 Å². The van der Waals surface area contributed by atoms with Crippen LogP contribution in [0.25, 0.3) is 22.3 Å². The average Bonchev–Trinajstić information content (AvgIpc) is 3.49. The van der Waals surface area contributed by atoms with Crippen molar-refractivity contribution < 1.29 is 4.74 Å². The topological polar surface area (TPSA) is 96.0 Å². The predicted molar refractivity (Wildman–Crippen MR) is 135 cm³/mol. The molecule has 2 N–H and O–H groups in total. The van der Waals surface area contributed by atoms with Gasteiger partial charge in [0.05, 0.1) is 12.0 Å². The van der Waals surface area contributed by atoms with Crippen molar-refractivity contribution in [2.75, 3.05) is 25.5 Å². The molecule has 0 saturated carbocycles. The summed E-state index contributed by atoms with van der Waals surface area (Å²) in [6, 6.07) is 12.2. The van der Waals surface area contributed by atoms with Gasteiger partial charge >= 0.3 is 0 Å². The van der Waals surface area contributed by atoms with Crippen LogP contribution in [0.2, 0.25) is 0 Å². The quantitative estimate of drug-likeness (QED) is 0.376. The van der Waals surface area contributed by atoms with Gasteiger partial charge in [0.25, 0.3) is 5.56 Å². The zero-order valence-electron chi connectivity index (χ0n) is 19.2. The Morgan fingerprint density at radius 2 is 2.09 bits per heavy atom. The molecule has 5 rings (SSSR count). The average molecular weight is 477 g/mol. The molecule has 0 aliphatic carbocycles. The van der Waals surface area contributed by atoms with Crippen LogP contribution in [0.4, 0.5) is 5.13 Å². The van der Waals surface area contributed by atoms with Crippen molar-refractivity contribution in [3.05, 3.63) is 69.7 Å². The third kappa shape index (κ3) is 5.16. The summed E-state index contributed by atoms with van der Waals surface area (Å²) in [6.07, 6.45) is 5.27. The zero-order chi connectivity index (χ0) is 23.3.